The van der Waals surface area contributed by atoms with Crippen molar-refractivity contribution in [3.63, 3.8) is 0 Å². The Bertz CT molecular complexity index is 434. The molecule has 1 saturated heterocycles. The van der Waals surface area contributed by atoms with E-state index in [1.54, 1.807) is 0 Å². The van der Waals surface area contributed by atoms with Crippen molar-refractivity contribution in [3.8, 4) is 0 Å². The molecule has 6 heteroatoms. The first-order valence-corrected chi connectivity index (χ1v) is 6.29. The Morgan fingerprint density at radius 2 is 2.28 bits per heavy atom. The highest BCUT2D eigenvalue weighted by atomic mass is 16.2. The number of nitrogens with zero attached hydrogens (tertiary/aromatic N) is 4. The fraction of sp³-hybridized carbons (Fsp3) is 0.750. The maximum atomic E-state index is 12.1. The Labute approximate surface area is 107 Å². The number of likely N-dealkylation sites (tertiary alicyclic amines) is 1. The van der Waals surface area contributed by atoms with Crippen LogP contribution in [0.2, 0.25) is 0 Å². The van der Waals surface area contributed by atoms with Crippen LogP contribution in [0.25, 0.3) is 0 Å². The van der Waals surface area contributed by atoms with Gasteiger partial charge in [0, 0.05) is 13.1 Å². The third-order valence-corrected chi connectivity index (χ3v) is 3.62. The molecule has 0 aliphatic carbocycles. The standard InChI is InChI=1S/C12H21N5O/c1-12(2,3)9-4-5-16(6-9)10(18)7-17-8-14-11(13)15-17/h8-9H,4-7H2,1-3H3,(H2,13,15). The highest BCUT2D eigenvalue weighted by Gasteiger charge is 2.33. The average Bonchev–Trinajstić information content (AvgIpc) is 2.85. The summed E-state index contributed by atoms with van der Waals surface area (Å²) in [7, 11) is 0. The SMILES string of the molecule is CC(C)(C)C1CCN(C(=O)Cn2cnc(N)n2)C1. The number of nitrogens with two attached hydrogens (primary N) is 1. The summed E-state index contributed by atoms with van der Waals surface area (Å²) in [6, 6.07) is 0. The van der Waals surface area contributed by atoms with Gasteiger partial charge < -0.3 is 10.6 Å². The minimum atomic E-state index is 0.0895. The number of carbonyl (C=O) groups excluding carboxylic acids is 1. The minimum absolute atomic E-state index is 0.0895. The van der Waals surface area contributed by atoms with Crippen LogP contribution in [0.4, 0.5) is 5.95 Å². The van der Waals surface area contributed by atoms with Crippen molar-refractivity contribution in [1.29, 1.82) is 0 Å². The summed E-state index contributed by atoms with van der Waals surface area (Å²) < 4.78 is 1.49. The molecule has 6 nitrogen and oxygen atoms in total. The van der Waals surface area contributed by atoms with Crippen molar-refractivity contribution in [2.75, 3.05) is 18.8 Å². The van der Waals surface area contributed by atoms with Gasteiger partial charge in [-0.05, 0) is 17.8 Å². The predicted octanol–water partition coefficient (Wildman–Crippen LogP) is 0.755. The molecule has 1 aliphatic rings. The van der Waals surface area contributed by atoms with E-state index in [0.717, 1.165) is 19.5 Å². The minimum Gasteiger partial charge on any atom is -0.367 e. The molecule has 18 heavy (non-hydrogen) atoms. The van der Waals surface area contributed by atoms with Gasteiger partial charge in [-0.2, -0.15) is 0 Å². The molecule has 1 amide bonds. The van der Waals surface area contributed by atoms with E-state index in [1.165, 1.54) is 11.0 Å². The fourth-order valence-electron chi connectivity index (χ4n) is 2.32. The van der Waals surface area contributed by atoms with E-state index in [-0.39, 0.29) is 23.8 Å². The second-order valence-electron chi connectivity index (χ2n) is 5.99. The van der Waals surface area contributed by atoms with Crippen LogP contribution in [0.5, 0.6) is 0 Å². The van der Waals surface area contributed by atoms with Crippen molar-refractivity contribution in [2.45, 2.75) is 33.7 Å². The van der Waals surface area contributed by atoms with Gasteiger partial charge >= 0.3 is 0 Å². The monoisotopic (exact) mass is 251 g/mol. The van der Waals surface area contributed by atoms with Gasteiger partial charge in [-0.1, -0.05) is 20.8 Å². The Balaban J connectivity index is 1.92. The predicted molar refractivity (Wildman–Crippen MR) is 68.6 cm³/mol. The first-order valence-electron chi connectivity index (χ1n) is 6.29. The zero-order valence-electron chi connectivity index (χ0n) is 11.3. The lowest BCUT2D eigenvalue weighted by atomic mass is 9.80. The van der Waals surface area contributed by atoms with Crippen LogP contribution in [0, 0.1) is 11.3 Å². The molecule has 1 aromatic rings. The molecule has 0 spiro atoms. The Hall–Kier alpha value is -1.59. The van der Waals surface area contributed by atoms with Gasteiger partial charge in [0.05, 0.1) is 0 Å². The van der Waals surface area contributed by atoms with Gasteiger partial charge in [0.15, 0.2) is 0 Å². The molecule has 1 aromatic heterocycles. The van der Waals surface area contributed by atoms with Gasteiger partial charge in [-0.15, -0.1) is 5.10 Å². The molecular formula is C12H21N5O. The number of rotatable bonds is 2. The lowest BCUT2D eigenvalue weighted by Gasteiger charge is -2.26. The Morgan fingerprint density at radius 3 is 2.78 bits per heavy atom. The zero-order chi connectivity index (χ0) is 13.3. The first-order chi connectivity index (χ1) is 8.36. The van der Waals surface area contributed by atoms with Gasteiger partial charge in [0.2, 0.25) is 11.9 Å². The molecule has 0 saturated carbocycles. The van der Waals surface area contributed by atoms with E-state index in [9.17, 15) is 4.79 Å². The highest BCUT2D eigenvalue weighted by Crippen LogP contribution is 2.33. The van der Waals surface area contributed by atoms with E-state index in [0.29, 0.717) is 5.92 Å². The summed E-state index contributed by atoms with van der Waals surface area (Å²) in [6.45, 7) is 8.58. The normalized spacial score (nSPS) is 20.4. The molecule has 1 unspecified atom stereocenters. The molecular weight excluding hydrogens is 230 g/mol. The molecule has 1 atom stereocenters. The van der Waals surface area contributed by atoms with Crippen molar-refractivity contribution in [3.05, 3.63) is 6.33 Å². The summed E-state index contributed by atoms with van der Waals surface area (Å²) in [4.78, 5) is 17.8. The molecule has 1 fully saturated rings. The maximum absolute atomic E-state index is 12.1. The molecule has 2 heterocycles. The number of hydrogen-bond acceptors (Lipinski definition) is 4. The van der Waals surface area contributed by atoms with Crippen molar-refractivity contribution < 1.29 is 4.79 Å². The van der Waals surface area contributed by atoms with Gasteiger partial charge in [0.25, 0.3) is 0 Å². The summed E-state index contributed by atoms with van der Waals surface area (Å²) >= 11 is 0. The van der Waals surface area contributed by atoms with Crippen LogP contribution >= 0.6 is 0 Å². The van der Waals surface area contributed by atoms with Gasteiger partial charge in [-0.3, -0.25) is 4.79 Å². The van der Waals surface area contributed by atoms with Crippen molar-refractivity contribution >= 4 is 11.9 Å². The fourth-order valence-corrected chi connectivity index (χ4v) is 2.32. The van der Waals surface area contributed by atoms with E-state index in [2.05, 4.69) is 30.9 Å². The smallest absolute Gasteiger partial charge is 0.244 e. The van der Waals surface area contributed by atoms with Crippen molar-refractivity contribution in [2.24, 2.45) is 11.3 Å². The lowest BCUT2D eigenvalue weighted by Crippen LogP contribution is -2.33. The molecule has 0 bridgehead atoms. The number of hydrogen-bond donors (Lipinski definition) is 1. The number of aromatic nitrogens is 3. The molecule has 100 valence electrons. The van der Waals surface area contributed by atoms with E-state index < -0.39 is 0 Å². The second kappa shape index (κ2) is 4.59. The van der Waals surface area contributed by atoms with E-state index in [1.807, 2.05) is 4.90 Å². The van der Waals surface area contributed by atoms with Crippen LogP contribution in [0.1, 0.15) is 27.2 Å². The van der Waals surface area contributed by atoms with Crippen LogP contribution in [0.3, 0.4) is 0 Å². The number of nitrogen functional groups attached to an aromatic ring is 1. The maximum Gasteiger partial charge on any atom is 0.244 e. The van der Waals surface area contributed by atoms with Crippen LogP contribution in [-0.2, 0) is 11.3 Å². The van der Waals surface area contributed by atoms with Gasteiger partial charge in [-0.25, -0.2) is 9.67 Å². The topological polar surface area (TPSA) is 77.0 Å². The molecule has 2 N–H and O–H groups in total. The summed E-state index contributed by atoms with van der Waals surface area (Å²) in [5.74, 6) is 0.866. The highest BCUT2D eigenvalue weighted by molar-refractivity contribution is 5.76. The van der Waals surface area contributed by atoms with Crippen LogP contribution < -0.4 is 5.73 Å². The van der Waals surface area contributed by atoms with E-state index >= 15 is 0 Å². The van der Waals surface area contributed by atoms with Crippen molar-refractivity contribution in [1.82, 2.24) is 19.7 Å². The molecule has 2 rings (SSSR count). The van der Waals surface area contributed by atoms with Gasteiger partial charge in [0.1, 0.15) is 12.9 Å². The molecule has 1 aliphatic heterocycles. The number of amides is 1. The third kappa shape index (κ3) is 2.80. The Kier molecular flexibility index (Phi) is 3.28. The Morgan fingerprint density at radius 1 is 1.56 bits per heavy atom. The van der Waals surface area contributed by atoms with E-state index in [4.69, 9.17) is 5.73 Å². The number of anilines is 1. The molecule has 0 radical (unpaired) electrons. The summed E-state index contributed by atoms with van der Waals surface area (Å²) in [5.41, 5.74) is 5.68. The lowest BCUT2D eigenvalue weighted by molar-refractivity contribution is -0.131. The summed E-state index contributed by atoms with van der Waals surface area (Å²) in [5, 5.41) is 3.93. The number of carbonyl (C=O) groups is 1. The molecule has 0 aromatic carbocycles. The quantitative estimate of drug-likeness (QED) is 0.841. The third-order valence-electron chi connectivity index (χ3n) is 3.62. The second-order valence-corrected chi connectivity index (χ2v) is 5.99. The zero-order valence-corrected chi connectivity index (χ0v) is 11.3. The first kappa shape index (κ1) is 12.9. The summed E-state index contributed by atoms with van der Waals surface area (Å²) in [6.07, 6.45) is 2.57. The largest absolute Gasteiger partial charge is 0.367 e. The average molecular weight is 251 g/mol. The van der Waals surface area contributed by atoms with Crippen LogP contribution in [0.15, 0.2) is 6.33 Å². The van der Waals surface area contributed by atoms with Crippen LogP contribution in [-0.4, -0.2) is 38.7 Å².